The molecule has 0 radical (unpaired) electrons. The first-order valence-corrected chi connectivity index (χ1v) is 8.10. The summed E-state index contributed by atoms with van der Waals surface area (Å²) < 4.78 is 5.62. The SMILES string of the molecule is CCC1CNC(Cc2ccccc2)CN1CC(C)(C)OC. The smallest absolute Gasteiger partial charge is 0.0749 e. The van der Waals surface area contributed by atoms with E-state index in [1.165, 1.54) is 12.0 Å². The number of methoxy groups -OCH3 is 1. The number of rotatable bonds is 6. The molecule has 1 aliphatic rings. The van der Waals surface area contributed by atoms with Crippen molar-refractivity contribution in [1.29, 1.82) is 0 Å². The van der Waals surface area contributed by atoms with Crippen molar-refractivity contribution in [1.82, 2.24) is 10.2 Å². The molecule has 2 atom stereocenters. The van der Waals surface area contributed by atoms with Crippen LogP contribution in [0.25, 0.3) is 0 Å². The monoisotopic (exact) mass is 290 g/mol. The lowest BCUT2D eigenvalue weighted by Crippen LogP contribution is -2.59. The molecule has 0 aliphatic carbocycles. The van der Waals surface area contributed by atoms with Gasteiger partial charge in [0.25, 0.3) is 0 Å². The van der Waals surface area contributed by atoms with E-state index >= 15 is 0 Å². The van der Waals surface area contributed by atoms with E-state index < -0.39 is 0 Å². The lowest BCUT2D eigenvalue weighted by atomic mass is 9.98. The Hall–Kier alpha value is -0.900. The van der Waals surface area contributed by atoms with Gasteiger partial charge in [-0.3, -0.25) is 4.90 Å². The Bertz CT molecular complexity index is 418. The maximum atomic E-state index is 5.62. The second kappa shape index (κ2) is 7.39. The third-order valence-corrected chi connectivity index (χ3v) is 4.55. The quantitative estimate of drug-likeness (QED) is 0.872. The lowest BCUT2D eigenvalue weighted by molar-refractivity contribution is -0.0273. The lowest BCUT2D eigenvalue weighted by Gasteiger charge is -2.43. The predicted molar refractivity (Wildman–Crippen MR) is 88.7 cm³/mol. The molecule has 0 bridgehead atoms. The van der Waals surface area contributed by atoms with E-state index in [4.69, 9.17) is 4.74 Å². The van der Waals surface area contributed by atoms with Crippen molar-refractivity contribution in [3.63, 3.8) is 0 Å². The zero-order valence-electron chi connectivity index (χ0n) is 13.9. The van der Waals surface area contributed by atoms with Crippen LogP contribution < -0.4 is 5.32 Å². The second-order valence-electron chi connectivity index (χ2n) is 6.75. The van der Waals surface area contributed by atoms with Crippen LogP contribution in [0.15, 0.2) is 30.3 Å². The van der Waals surface area contributed by atoms with Gasteiger partial charge in [0.1, 0.15) is 0 Å². The normalized spacial score (nSPS) is 24.2. The first kappa shape index (κ1) is 16.5. The molecule has 1 aromatic carbocycles. The van der Waals surface area contributed by atoms with Gasteiger partial charge in [-0.15, -0.1) is 0 Å². The third-order valence-electron chi connectivity index (χ3n) is 4.55. The molecule has 0 spiro atoms. The molecule has 3 heteroatoms. The highest BCUT2D eigenvalue weighted by Crippen LogP contribution is 2.18. The van der Waals surface area contributed by atoms with Crippen molar-refractivity contribution in [3.8, 4) is 0 Å². The fraction of sp³-hybridized carbons (Fsp3) is 0.667. The van der Waals surface area contributed by atoms with Crippen LogP contribution in [-0.2, 0) is 11.2 Å². The number of ether oxygens (including phenoxy) is 1. The van der Waals surface area contributed by atoms with E-state index in [0.29, 0.717) is 12.1 Å². The van der Waals surface area contributed by atoms with E-state index in [1.807, 2.05) is 7.11 Å². The minimum Gasteiger partial charge on any atom is -0.377 e. The van der Waals surface area contributed by atoms with E-state index in [1.54, 1.807) is 0 Å². The van der Waals surface area contributed by atoms with Crippen molar-refractivity contribution < 1.29 is 4.74 Å². The van der Waals surface area contributed by atoms with Crippen molar-refractivity contribution in [2.75, 3.05) is 26.7 Å². The van der Waals surface area contributed by atoms with Gasteiger partial charge in [0.15, 0.2) is 0 Å². The van der Waals surface area contributed by atoms with Crippen LogP contribution in [0.2, 0.25) is 0 Å². The Labute approximate surface area is 129 Å². The first-order valence-electron chi connectivity index (χ1n) is 8.10. The van der Waals surface area contributed by atoms with Gasteiger partial charge in [-0.1, -0.05) is 37.3 Å². The average Bonchev–Trinajstić information content (AvgIpc) is 2.48. The summed E-state index contributed by atoms with van der Waals surface area (Å²) in [6, 6.07) is 11.9. The Morgan fingerprint density at radius 1 is 1.29 bits per heavy atom. The van der Waals surface area contributed by atoms with Crippen molar-refractivity contribution in [3.05, 3.63) is 35.9 Å². The molecule has 0 saturated carbocycles. The summed E-state index contributed by atoms with van der Waals surface area (Å²) >= 11 is 0. The van der Waals surface area contributed by atoms with E-state index in [-0.39, 0.29) is 5.60 Å². The zero-order chi connectivity index (χ0) is 15.3. The van der Waals surface area contributed by atoms with Gasteiger partial charge in [0, 0.05) is 38.8 Å². The molecular weight excluding hydrogens is 260 g/mol. The van der Waals surface area contributed by atoms with Gasteiger partial charge >= 0.3 is 0 Å². The zero-order valence-corrected chi connectivity index (χ0v) is 13.9. The number of hydrogen-bond donors (Lipinski definition) is 1. The molecule has 118 valence electrons. The summed E-state index contributed by atoms with van der Waals surface area (Å²) in [7, 11) is 1.81. The molecule has 1 fully saturated rings. The van der Waals surface area contributed by atoms with Crippen molar-refractivity contribution in [2.24, 2.45) is 0 Å². The molecule has 1 N–H and O–H groups in total. The average molecular weight is 290 g/mol. The van der Waals surface area contributed by atoms with Crippen LogP contribution in [0.1, 0.15) is 32.8 Å². The molecule has 1 heterocycles. The molecule has 21 heavy (non-hydrogen) atoms. The Balaban J connectivity index is 1.98. The molecule has 1 aliphatic heterocycles. The van der Waals surface area contributed by atoms with Gasteiger partial charge in [0.2, 0.25) is 0 Å². The Morgan fingerprint density at radius 3 is 2.62 bits per heavy atom. The van der Waals surface area contributed by atoms with Gasteiger partial charge in [-0.05, 0) is 32.3 Å². The van der Waals surface area contributed by atoms with Crippen molar-refractivity contribution >= 4 is 0 Å². The highest BCUT2D eigenvalue weighted by molar-refractivity contribution is 5.16. The summed E-state index contributed by atoms with van der Waals surface area (Å²) in [5, 5.41) is 3.72. The molecule has 0 amide bonds. The van der Waals surface area contributed by atoms with Gasteiger partial charge < -0.3 is 10.1 Å². The van der Waals surface area contributed by atoms with Crippen LogP contribution >= 0.6 is 0 Å². The minimum absolute atomic E-state index is 0.0813. The van der Waals surface area contributed by atoms with Gasteiger partial charge in [0.05, 0.1) is 5.60 Å². The summed E-state index contributed by atoms with van der Waals surface area (Å²) in [6.07, 6.45) is 2.28. The fourth-order valence-electron chi connectivity index (χ4n) is 3.11. The molecular formula is C18H30N2O. The third kappa shape index (κ3) is 4.80. The first-order chi connectivity index (χ1) is 10.0. The molecule has 1 saturated heterocycles. The molecule has 0 aromatic heterocycles. The number of nitrogens with one attached hydrogen (secondary N) is 1. The van der Waals surface area contributed by atoms with E-state index in [0.717, 1.165) is 26.1 Å². The Morgan fingerprint density at radius 2 is 2.00 bits per heavy atom. The minimum atomic E-state index is -0.0813. The van der Waals surface area contributed by atoms with Crippen LogP contribution in [0.3, 0.4) is 0 Å². The molecule has 1 aromatic rings. The van der Waals surface area contributed by atoms with Crippen LogP contribution in [0, 0.1) is 0 Å². The maximum absolute atomic E-state index is 5.62. The topological polar surface area (TPSA) is 24.5 Å². The van der Waals surface area contributed by atoms with Gasteiger partial charge in [-0.25, -0.2) is 0 Å². The summed E-state index contributed by atoms with van der Waals surface area (Å²) in [5.74, 6) is 0. The van der Waals surface area contributed by atoms with E-state index in [2.05, 4.69) is 61.3 Å². The molecule has 2 rings (SSSR count). The number of benzene rings is 1. The standard InChI is InChI=1S/C18H30N2O/c1-5-17-12-19-16(11-15-9-7-6-8-10-15)13-20(17)14-18(2,3)21-4/h6-10,16-17,19H,5,11-14H2,1-4H3. The predicted octanol–water partition coefficient (Wildman–Crippen LogP) is 2.71. The highest BCUT2D eigenvalue weighted by Gasteiger charge is 2.31. The molecule has 2 unspecified atom stereocenters. The van der Waals surface area contributed by atoms with Crippen LogP contribution in [0.4, 0.5) is 0 Å². The Kier molecular flexibility index (Phi) is 5.80. The number of nitrogens with zero attached hydrogens (tertiary/aromatic N) is 1. The van der Waals surface area contributed by atoms with Crippen LogP contribution in [0.5, 0.6) is 0 Å². The summed E-state index contributed by atoms with van der Waals surface area (Å²) in [6.45, 7) is 9.79. The van der Waals surface area contributed by atoms with Crippen LogP contribution in [-0.4, -0.2) is 49.3 Å². The number of piperazine rings is 1. The summed E-state index contributed by atoms with van der Waals surface area (Å²) in [4.78, 5) is 2.60. The fourth-order valence-corrected chi connectivity index (χ4v) is 3.11. The summed E-state index contributed by atoms with van der Waals surface area (Å²) in [5.41, 5.74) is 1.33. The van der Waals surface area contributed by atoms with E-state index in [9.17, 15) is 0 Å². The highest BCUT2D eigenvalue weighted by atomic mass is 16.5. The second-order valence-corrected chi connectivity index (χ2v) is 6.75. The maximum Gasteiger partial charge on any atom is 0.0749 e. The molecule has 3 nitrogen and oxygen atoms in total. The van der Waals surface area contributed by atoms with Gasteiger partial charge in [-0.2, -0.15) is 0 Å². The van der Waals surface area contributed by atoms with Crippen molar-refractivity contribution in [2.45, 2.75) is 51.3 Å². The number of hydrogen-bond acceptors (Lipinski definition) is 3. The largest absolute Gasteiger partial charge is 0.377 e.